The molecule has 94 valence electrons. The molecule has 0 unspecified atom stereocenters. The van der Waals surface area contributed by atoms with E-state index in [-0.39, 0.29) is 12.4 Å². The van der Waals surface area contributed by atoms with Crippen LogP contribution in [0.1, 0.15) is 27.9 Å². The monoisotopic (exact) mass is 236 g/mol. The molecular formula is C14H20O3. The minimum absolute atomic E-state index is 0.0329. The maximum Gasteiger partial charge on any atom is 0.188 e. The van der Waals surface area contributed by atoms with Gasteiger partial charge in [0.15, 0.2) is 5.78 Å². The number of carbonyl (C=O) groups excluding carboxylic acids is 1. The molecule has 0 heterocycles. The first-order valence-corrected chi connectivity index (χ1v) is 5.82. The fourth-order valence-electron chi connectivity index (χ4n) is 1.47. The zero-order valence-corrected chi connectivity index (χ0v) is 10.8. The van der Waals surface area contributed by atoms with Crippen LogP contribution < -0.4 is 0 Å². The molecule has 0 saturated heterocycles. The number of ketones is 1. The van der Waals surface area contributed by atoms with Gasteiger partial charge in [0.25, 0.3) is 0 Å². The number of Topliss-reactive ketones (excluding diaryl/α,β-unsaturated/α-hetero) is 1. The van der Waals surface area contributed by atoms with Gasteiger partial charge in [0.2, 0.25) is 0 Å². The van der Waals surface area contributed by atoms with Crippen molar-refractivity contribution in [2.45, 2.75) is 20.3 Å². The van der Waals surface area contributed by atoms with Gasteiger partial charge in [-0.05, 0) is 37.5 Å². The summed E-state index contributed by atoms with van der Waals surface area (Å²) in [6.45, 7) is 5.41. The summed E-state index contributed by atoms with van der Waals surface area (Å²) in [5.41, 5.74) is 3.05. The van der Waals surface area contributed by atoms with E-state index in [4.69, 9.17) is 9.47 Å². The van der Waals surface area contributed by atoms with E-state index in [0.29, 0.717) is 13.2 Å². The smallest absolute Gasteiger partial charge is 0.188 e. The lowest BCUT2D eigenvalue weighted by atomic mass is 10.0. The number of benzene rings is 1. The minimum Gasteiger partial charge on any atom is -0.385 e. The summed E-state index contributed by atoms with van der Waals surface area (Å²) in [4.78, 5) is 11.8. The summed E-state index contributed by atoms with van der Waals surface area (Å²) in [5, 5.41) is 0. The van der Waals surface area contributed by atoms with Crippen LogP contribution in [0.15, 0.2) is 18.2 Å². The Kier molecular flexibility index (Phi) is 5.87. The molecular weight excluding hydrogens is 216 g/mol. The molecule has 0 N–H and O–H groups in total. The molecule has 0 atom stereocenters. The molecule has 1 aromatic rings. The Hall–Kier alpha value is -1.19. The third-order valence-corrected chi connectivity index (χ3v) is 2.70. The number of hydrogen-bond acceptors (Lipinski definition) is 3. The summed E-state index contributed by atoms with van der Waals surface area (Å²) in [7, 11) is 1.65. The van der Waals surface area contributed by atoms with Crippen LogP contribution in [0.2, 0.25) is 0 Å². The van der Waals surface area contributed by atoms with Crippen molar-refractivity contribution in [2.24, 2.45) is 0 Å². The quantitative estimate of drug-likeness (QED) is 0.539. The largest absolute Gasteiger partial charge is 0.385 e. The standard InChI is InChI=1S/C14H20O3/c1-11-5-6-13(9-12(11)2)14(15)10-17-8-4-7-16-3/h5-6,9H,4,7-8,10H2,1-3H3. The highest BCUT2D eigenvalue weighted by molar-refractivity contribution is 5.97. The SMILES string of the molecule is COCCCOCC(=O)c1ccc(C)c(C)c1. The summed E-state index contributed by atoms with van der Waals surface area (Å²) in [6, 6.07) is 5.73. The molecule has 0 radical (unpaired) electrons. The van der Waals surface area contributed by atoms with Crippen LogP contribution in [-0.2, 0) is 9.47 Å². The summed E-state index contributed by atoms with van der Waals surface area (Å²) >= 11 is 0. The first-order valence-electron chi connectivity index (χ1n) is 5.82. The highest BCUT2D eigenvalue weighted by atomic mass is 16.5. The van der Waals surface area contributed by atoms with Crippen molar-refractivity contribution >= 4 is 5.78 Å². The highest BCUT2D eigenvalue weighted by Crippen LogP contribution is 2.10. The van der Waals surface area contributed by atoms with Crippen molar-refractivity contribution < 1.29 is 14.3 Å². The average Bonchev–Trinajstić information content (AvgIpc) is 2.32. The van der Waals surface area contributed by atoms with Gasteiger partial charge >= 0.3 is 0 Å². The van der Waals surface area contributed by atoms with Crippen LogP contribution in [-0.4, -0.2) is 32.7 Å². The van der Waals surface area contributed by atoms with E-state index in [1.807, 2.05) is 32.0 Å². The fraction of sp³-hybridized carbons (Fsp3) is 0.500. The number of ether oxygens (including phenoxy) is 2. The van der Waals surface area contributed by atoms with Gasteiger partial charge in [-0.1, -0.05) is 12.1 Å². The number of hydrogen-bond donors (Lipinski definition) is 0. The predicted octanol–water partition coefficient (Wildman–Crippen LogP) is 2.54. The van der Waals surface area contributed by atoms with Crippen LogP contribution in [0.25, 0.3) is 0 Å². The van der Waals surface area contributed by atoms with E-state index in [1.54, 1.807) is 7.11 Å². The lowest BCUT2D eigenvalue weighted by Gasteiger charge is -2.05. The van der Waals surface area contributed by atoms with Gasteiger partial charge in [0.05, 0.1) is 0 Å². The number of carbonyl (C=O) groups is 1. The molecule has 1 aromatic carbocycles. The van der Waals surface area contributed by atoms with Crippen molar-refractivity contribution in [3.05, 3.63) is 34.9 Å². The maximum atomic E-state index is 11.8. The summed E-state index contributed by atoms with van der Waals surface area (Å²) in [6.07, 6.45) is 0.816. The van der Waals surface area contributed by atoms with Crippen LogP contribution in [0.3, 0.4) is 0 Å². The van der Waals surface area contributed by atoms with Crippen molar-refractivity contribution in [3.8, 4) is 0 Å². The lowest BCUT2D eigenvalue weighted by Crippen LogP contribution is -2.11. The van der Waals surface area contributed by atoms with Gasteiger partial charge in [0.1, 0.15) is 6.61 Å². The molecule has 1 rings (SSSR count). The van der Waals surface area contributed by atoms with Crippen LogP contribution in [0.5, 0.6) is 0 Å². The molecule has 17 heavy (non-hydrogen) atoms. The Morgan fingerprint density at radius 3 is 2.59 bits per heavy atom. The molecule has 0 spiro atoms. The highest BCUT2D eigenvalue weighted by Gasteiger charge is 2.06. The van der Waals surface area contributed by atoms with E-state index >= 15 is 0 Å². The van der Waals surface area contributed by atoms with Crippen molar-refractivity contribution in [1.82, 2.24) is 0 Å². The molecule has 0 fully saturated rings. The Morgan fingerprint density at radius 2 is 1.94 bits per heavy atom. The maximum absolute atomic E-state index is 11.8. The number of rotatable bonds is 7. The van der Waals surface area contributed by atoms with Crippen molar-refractivity contribution in [3.63, 3.8) is 0 Å². The van der Waals surface area contributed by atoms with Gasteiger partial charge in [-0.2, -0.15) is 0 Å². The second-order valence-electron chi connectivity index (χ2n) is 4.12. The van der Waals surface area contributed by atoms with Gasteiger partial charge in [-0.15, -0.1) is 0 Å². The molecule has 0 aromatic heterocycles. The van der Waals surface area contributed by atoms with Crippen molar-refractivity contribution in [1.29, 1.82) is 0 Å². The van der Waals surface area contributed by atoms with Crippen LogP contribution >= 0.6 is 0 Å². The van der Waals surface area contributed by atoms with E-state index in [2.05, 4.69) is 0 Å². The molecule has 0 aliphatic heterocycles. The Morgan fingerprint density at radius 1 is 1.18 bits per heavy atom. The van der Waals surface area contributed by atoms with E-state index in [9.17, 15) is 4.79 Å². The first-order chi connectivity index (χ1) is 8.15. The van der Waals surface area contributed by atoms with Crippen LogP contribution in [0, 0.1) is 13.8 Å². The van der Waals surface area contributed by atoms with Gasteiger partial charge in [-0.25, -0.2) is 0 Å². The molecule has 0 saturated carbocycles. The zero-order chi connectivity index (χ0) is 12.7. The lowest BCUT2D eigenvalue weighted by molar-refractivity contribution is 0.0705. The number of methoxy groups -OCH3 is 1. The zero-order valence-electron chi connectivity index (χ0n) is 10.8. The third-order valence-electron chi connectivity index (χ3n) is 2.70. The van der Waals surface area contributed by atoms with Gasteiger partial charge in [0, 0.05) is 25.9 Å². The van der Waals surface area contributed by atoms with Gasteiger partial charge < -0.3 is 9.47 Å². The van der Waals surface area contributed by atoms with Gasteiger partial charge in [-0.3, -0.25) is 4.79 Å². The van der Waals surface area contributed by atoms with E-state index < -0.39 is 0 Å². The molecule has 3 heteroatoms. The fourth-order valence-corrected chi connectivity index (χ4v) is 1.47. The molecule has 0 amide bonds. The normalized spacial score (nSPS) is 10.5. The molecule has 0 aliphatic carbocycles. The minimum atomic E-state index is 0.0329. The van der Waals surface area contributed by atoms with Crippen molar-refractivity contribution in [2.75, 3.05) is 26.9 Å². The third kappa shape index (κ3) is 4.67. The number of aryl methyl sites for hydroxylation is 2. The topological polar surface area (TPSA) is 35.5 Å². The van der Waals surface area contributed by atoms with Crippen LogP contribution in [0.4, 0.5) is 0 Å². The van der Waals surface area contributed by atoms with E-state index in [1.165, 1.54) is 5.56 Å². The summed E-state index contributed by atoms with van der Waals surface area (Å²) in [5.74, 6) is 0.0329. The first kappa shape index (κ1) is 13.9. The second kappa shape index (κ2) is 7.20. The summed E-state index contributed by atoms with van der Waals surface area (Å²) < 4.78 is 10.2. The Bertz CT molecular complexity index is 372. The second-order valence-corrected chi connectivity index (χ2v) is 4.12. The Balaban J connectivity index is 2.39. The molecule has 0 bridgehead atoms. The average molecular weight is 236 g/mol. The predicted molar refractivity (Wildman–Crippen MR) is 67.6 cm³/mol. The molecule has 0 aliphatic rings. The Labute approximate surface area is 103 Å². The molecule has 3 nitrogen and oxygen atoms in total. The van der Waals surface area contributed by atoms with E-state index in [0.717, 1.165) is 17.5 Å².